The maximum absolute atomic E-state index is 11.5. The van der Waals surface area contributed by atoms with Crippen LogP contribution in [-0.4, -0.2) is 50.4 Å². The van der Waals surface area contributed by atoms with E-state index in [1.54, 1.807) is 14.1 Å². The van der Waals surface area contributed by atoms with E-state index < -0.39 is 0 Å². The molecule has 82 valence electrons. The molecule has 0 atom stereocenters. The Labute approximate surface area is 84.8 Å². The molecule has 2 N–H and O–H groups in total. The Hall–Kier alpha value is -1.10. The lowest BCUT2D eigenvalue weighted by Gasteiger charge is -2.19. The predicted molar refractivity (Wildman–Crippen MR) is 54.9 cm³/mol. The molecule has 0 aromatic heterocycles. The third-order valence-corrected chi connectivity index (χ3v) is 1.94. The molecule has 0 bridgehead atoms. The van der Waals surface area contributed by atoms with Gasteiger partial charge in [-0.1, -0.05) is 0 Å². The molecule has 0 aliphatic rings. The lowest BCUT2D eigenvalue weighted by atomic mass is 10.3. The molecule has 5 heteroatoms. The molecule has 0 radical (unpaired) electrons. The van der Waals surface area contributed by atoms with Crippen LogP contribution >= 0.6 is 0 Å². The summed E-state index contributed by atoms with van der Waals surface area (Å²) in [5, 5.41) is 5.39. The maximum atomic E-state index is 11.5. The summed E-state index contributed by atoms with van der Waals surface area (Å²) in [6.45, 7) is 3.22. The molecule has 0 aliphatic carbocycles. The highest BCUT2D eigenvalue weighted by atomic mass is 16.2. The summed E-state index contributed by atoms with van der Waals surface area (Å²) in [6, 6.07) is 0. The molecular formula is C9H19N3O2. The molecule has 0 spiro atoms. The molecule has 2 amide bonds. The molecule has 0 aromatic rings. The van der Waals surface area contributed by atoms with E-state index >= 15 is 0 Å². The molecule has 0 heterocycles. The summed E-state index contributed by atoms with van der Waals surface area (Å²) in [7, 11) is 3.36. The van der Waals surface area contributed by atoms with Crippen LogP contribution in [0.15, 0.2) is 0 Å². The number of hydrogen-bond acceptors (Lipinski definition) is 3. The molecule has 0 saturated carbocycles. The van der Waals surface area contributed by atoms with Crippen LogP contribution in [0.4, 0.5) is 0 Å². The normalized spacial score (nSPS) is 9.64. The lowest BCUT2D eigenvalue weighted by molar-refractivity contribution is -0.135. The van der Waals surface area contributed by atoms with Gasteiger partial charge < -0.3 is 15.5 Å². The SMILES string of the molecule is CCN(CC(=O)NC)C(=O)CCNC. The molecule has 0 aromatic carbocycles. The minimum absolute atomic E-state index is 0.00505. The van der Waals surface area contributed by atoms with E-state index in [0.717, 1.165) is 0 Å². The van der Waals surface area contributed by atoms with Gasteiger partial charge in [-0.3, -0.25) is 9.59 Å². The van der Waals surface area contributed by atoms with E-state index in [4.69, 9.17) is 0 Å². The Balaban J connectivity index is 3.98. The van der Waals surface area contributed by atoms with Crippen molar-refractivity contribution in [2.45, 2.75) is 13.3 Å². The van der Waals surface area contributed by atoms with Gasteiger partial charge in [0, 0.05) is 26.6 Å². The topological polar surface area (TPSA) is 61.4 Å². The molecule has 0 saturated heterocycles. The fourth-order valence-corrected chi connectivity index (χ4v) is 1.02. The van der Waals surface area contributed by atoms with Gasteiger partial charge in [-0.25, -0.2) is 0 Å². The molecule has 0 unspecified atom stereocenters. The number of carbonyl (C=O) groups is 2. The fraction of sp³-hybridized carbons (Fsp3) is 0.778. The number of hydrogen-bond donors (Lipinski definition) is 2. The summed E-state index contributed by atoms with van der Waals surface area (Å²) in [4.78, 5) is 24.1. The van der Waals surface area contributed by atoms with Crippen molar-refractivity contribution in [3.8, 4) is 0 Å². The van der Waals surface area contributed by atoms with E-state index in [1.807, 2.05) is 6.92 Å². The van der Waals surface area contributed by atoms with Crippen molar-refractivity contribution in [3.05, 3.63) is 0 Å². The Morgan fingerprint density at radius 3 is 2.36 bits per heavy atom. The van der Waals surface area contributed by atoms with Crippen LogP contribution in [0.3, 0.4) is 0 Å². The number of nitrogens with zero attached hydrogens (tertiary/aromatic N) is 1. The van der Waals surface area contributed by atoms with Crippen LogP contribution in [0.2, 0.25) is 0 Å². The standard InChI is InChI=1S/C9H19N3O2/c1-4-12(7-8(13)11-3)9(14)5-6-10-2/h10H,4-7H2,1-3H3,(H,11,13). The second-order valence-electron chi connectivity index (χ2n) is 2.93. The van der Waals surface area contributed by atoms with Crippen molar-refractivity contribution in [2.24, 2.45) is 0 Å². The van der Waals surface area contributed by atoms with Crippen molar-refractivity contribution < 1.29 is 9.59 Å². The van der Waals surface area contributed by atoms with Gasteiger partial charge in [-0.15, -0.1) is 0 Å². The van der Waals surface area contributed by atoms with Crippen LogP contribution < -0.4 is 10.6 Å². The van der Waals surface area contributed by atoms with E-state index in [1.165, 1.54) is 4.90 Å². The van der Waals surface area contributed by atoms with Crippen LogP contribution in [0, 0.1) is 0 Å². The number of likely N-dealkylation sites (N-methyl/N-ethyl adjacent to an activating group) is 2. The van der Waals surface area contributed by atoms with Gasteiger partial charge in [0.05, 0.1) is 6.54 Å². The summed E-state index contributed by atoms with van der Waals surface area (Å²) in [6.07, 6.45) is 0.432. The average molecular weight is 201 g/mol. The van der Waals surface area contributed by atoms with Crippen molar-refractivity contribution in [1.29, 1.82) is 0 Å². The van der Waals surface area contributed by atoms with E-state index in [9.17, 15) is 9.59 Å². The van der Waals surface area contributed by atoms with Crippen molar-refractivity contribution in [2.75, 3.05) is 33.7 Å². The lowest BCUT2D eigenvalue weighted by Crippen LogP contribution is -2.40. The van der Waals surface area contributed by atoms with Crippen LogP contribution in [0.1, 0.15) is 13.3 Å². The Kier molecular flexibility index (Phi) is 6.74. The van der Waals surface area contributed by atoms with Crippen LogP contribution in [0.25, 0.3) is 0 Å². The Bertz CT molecular complexity index is 194. The van der Waals surface area contributed by atoms with Gasteiger partial charge in [-0.05, 0) is 14.0 Å². The van der Waals surface area contributed by atoms with Crippen molar-refractivity contribution >= 4 is 11.8 Å². The second kappa shape index (κ2) is 7.32. The van der Waals surface area contributed by atoms with E-state index in [-0.39, 0.29) is 18.4 Å². The molecule has 5 nitrogen and oxygen atoms in total. The first-order valence-electron chi connectivity index (χ1n) is 4.78. The van der Waals surface area contributed by atoms with E-state index in [2.05, 4.69) is 10.6 Å². The van der Waals surface area contributed by atoms with Crippen molar-refractivity contribution in [1.82, 2.24) is 15.5 Å². The summed E-state index contributed by atoms with van der Waals surface area (Å²) >= 11 is 0. The number of carbonyl (C=O) groups excluding carboxylic acids is 2. The molecule has 14 heavy (non-hydrogen) atoms. The van der Waals surface area contributed by atoms with E-state index in [0.29, 0.717) is 19.5 Å². The molecule has 0 aliphatic heterocycles. The second-order valence-corrected chi connectivity index (χ2v) is 2.93. The number of rotatable bonds is 6. The van der Waals surface area contributed by atoms with Gasteiger partial charge in [0.1, 0.15) is 0 Å². The highest BCUT2D eigenvalue weighted by molar-refractivity contribution is 5.84. The predicted octanol–water partition coefficient (Wildman–Crippen LogP) is -0.810. The average Bonchev–Trinajstić information content (AvgIpc) is 2.21. The van der Waals surface area contributed by atoms with Gasteiger partial charge in [-0.2, -0.15) is 0 Å². The number of nitrogens with one attached hydrogen (secondary N) is 2. The van der Waals surface area contributed by atoms with Crippen LogP contribution in [-0.2, 0) is 9.59 Å². The first kappa shape index (κ1) is 12.9. The largest absolute Gasteiger partial charge is 0.358 e. The van der Waals surface area contributed by atoms with Crippen molar-refractivity contribution in [3.63, 3.8) is 0 Å². The van der Waals surface area contributed by atoms with Gasteiger partial charge in [0.25, 0.3) is 0 Å². The highest BCUT2D eigenvalue weighted by Gasteiger charge is 2.13. The summed E-state index contributed by atoms with van der Waals surface area (Å²) in [5.41, 5.74) is 0. The third-order valence-electron chi connectivity index (χ3n) is 1.94. The zero-order valence-corrected chi connectivity index (χ0v) is 9.09. The minimum Gasteiger partial charge on any atom is -0.358 e. The fourth-order valence-electron chi connectivity index (χ4n) is 1.02. The first-order chi connectivity index (χ1) is 6.65. The van der Waals surface area contributed by atoms with Gasteiger partial charge >= 0.3 is 0 Å². The van der Waals surface area contributed by atoms with Crippen LogP contribution in [0.5, 0.6) is 0 Å². The maximum Gasteiger partial charge on any atom is 0.239 e. The van der Waals surface area contributed by atoms with Gasteiger partial charge in [0.2, 0.25) is 11.8 Å². The molecule has 0 rings (SSSR count). The zero-order chi connectivity index (χ0) is 11.0. The Morgan fingerprint density at radius 2 is 1.93 bits per heavy atom. The minimum atomic E-state index is -0.135. The summed E-state index contributed by atoms with van der Waals surface area (Å²) < 4.78 is 0. The highest BCUT2D eigenvalue weighted by Crippen LogP contribution is 1.93. The molecular weight excluding hydrogens is 182 g/mol. The number of amides is 2. The smallest absolute Gasteiger partial charge is 0.239 e. The molecule has 0 fully saturated rings. The Morgan fingerprint density at radius 1 is 1.29 bits per heavy atom. The van der Waals surface area contributed by atoms with Gasteiger partial charge in [0.15, 0.2) is 0 Å². The zero-order valence-electron chi connectivity index (χ0n) is 9.09. The first-order valence-corrected chi connectivity index (χ1v) is 4.78. The monoisotopic (exact) mass is 201 g/mol. The summed E-state index contributed by atoms with van der Waals surface area (Å²) in [5.74, 6) is -0.130. The quantitative estimate of drug-likeness (QED) is 0.591. The third kappa shape index (κ3) is 4.81.